The van der Waals surface area contributed by atoms with Crippen molar-refractivity contribution in [3.63, 3.8) is 0 Å². The van der Waals surface area contributed by atoms with E-state index in [0.717, 1.165) is 11.3 Å². The number of rotatable bonds is 4. The van der Waals surface area contributed by atoms with E-state index in [4.69, 9.17) is 0 Å². The molecule has 0 spiro atoms. The van der Waals surface area contributed by atoms with Crippen LogP contribution in [-0.4, -0.2) is 60.5 Å². The van der Waals surface area contributed by atoms with Gasteiger partial charge >= 0.3 is 0 Å². The third-order valence-corrected chi connectivity index (χ3v) is 4.50. The molecule has 3 aromatic rings. The number of H-pyrrole nitrogens is 2. The van der Waals surface area contributed by atoms with E-state index in [0.29, 0.717) is 41.8 Å². The van der Waals surface area contributed by atoms with Gasteiger partial charge in [-0.3, -0.25) is 14.7 Å². The number of hydrogen-bond donors (Lipinski definition) is 4. The molecule has 26 heavy (non-hydrogen) atoms. The third-order valence-electron chi connectivity index (χ3n) is 4.50. The number of carbonyl (C=O) groups excluding carboxylic acids is 2. The molecule has 3 heterocycles. The van der Waals surface area contributed by atoms with Crippen molar-refractivity contribution in [2.45, 2.75) is 19.6 Å². The number of amides is 2. The van der Waals surface area contributed by atoms with Gasteiger partial charge in [-0.2, -0.15) is 20.5 Å². The topological polar surface area (TPSA) is 140 Å². The summed E-state index contributed by atoms with van der Waals surface area (Å²) in [6.45, 7) is 0.707. The molecule has 10 heteroatoms. The molecule has 134 valence electrons. The quantitative estimate of drug-likeness (QED) is 0.497. The number of nitrogens with zero attached hydrogens (tertiary/aromatic N) is 4. The first-order chi connectivity index (χ1) is 12.7. The highest BCUT2D eigenvalue weighted by molar-refractivity contribution is 5.98. The molecule has 2 amide bonds. The van der Waals surface area contributed by atoms with E-state index in [1.54, 1.807) is 23.1 Å². The van der Waals surface area contributed by atoms with Crippen LogP contribution in [-0.2, 0) is 24.4 Å². The molecule has 0 radical (unpaired) electrons. The number of carbonyl (C=O) groups is 2. The van der Waals surface area contributed by atoms with E-state index in [1.807, 2.05) is 0 Å². The van der Waals surface area contributed by atoms with E-state index >= 15 is 0 Å². The number of aromatic amines is 2. The molecule has 10 nitrogen and oxygen atoms in total. The van der Waals surface area contributed by atoms with Crippen molar-refractivity contribution in [2.24, 2.45) is 0 Å². The zero-order valence-electron chi connectivity index (χ0n) is 13.8. The smallest absolute Gasteiger partial charge is 0.251 e. The molecule has 2 aromatic heterocycles. The Morgan fingerprint density at radius 3 is 2.92 bits per heavy atom. The van der Waals surface area contributed by atoms with Gasteiger partial charge in [0.2, 0.25) is 5.91 Å². The van der Waals surface area contributed by atoms with Crippen LogP contribution in [0.5, 0.6) is 0 Å². The molecule has 0 aliphatic carbocycles. The first-order valence-corrected chi connectivity index (χ1v) is 8.18. The van der Waals surface area contributed by atoms with Gasteiger partial charge in [-0.15, -0.1) is 0 Å². The van der Waals surface area contributed by atoms with Crippen LogP contribution < -0.4 is 5.32 Å². The summed E-state index contributed by atoms with van der Waals surface area (Å²) in [5.74, 6) is -0.517. The van der Waals surface area contributed by atoms with E-state index in [-0.39, 0.29) is 25.0 Å². The minimum absolute atomic E-state index is 0.0913. The minimum Gasteiger partial charge on any atom is -0.390 e. The normalized spacial score (nSPS) is 13.7. The van der Waals surface area contributed by atoms with Crippen molar-refractivity contribution >= 4 is 22.8 Å². The number of benzene rings is 1. The predicted octanol–water partition coefficient (Wildman–Crippen LogP) is -0.512. The Balaban J connectivity index is 1.37. The highest BCUT2D eigenvalue weighted by atomic mass is 16.3. The lowest BCUT2D eigenvalue weighted by molar-refractivity contribution is -0.131. The Kier molecular flexibility index (Phi) is 4.09. The summed E-state index contributed by atoms with van der Waals surface area (Å²) in [6.07, 6.45) is 0.629. The molecule has 0 fully saturated rings. The van der Waals surface area contributed by atoms with Crippen LogP contribution in [0.3, 0.4) is 0 Å². The van der Waals surface area contributed by atoms with E-state index < -0.39 is 0 Å². The van der Waals surface area contributed by atoms with Gasteiger partial charge < -0.3 is 15.3 Å². The lowest BCUT2D eigenvalue weighted by atomic mass is 10.0. The fourth-order valence-electron chi connectivity index (χ4n) is 3.08. The molecule has 0 unspecified atom stereocenters. The Morgan fingerprint density at radius 2 is 2.08 bits per heavy atom. The third kappa shape index (κ3) is 2.90. The maximum absolute atomic E-state index is 12.4. The fraction of sp³-hybridized carbons (Fsp3) is 0.312. The van der Waals surface area contributed by atoms with Crippen LogP contribution in [0, 0.1) is 0 Å². The molecule has 0 saturated carbocycles. The number of aliphatic hydroxyl groups is 1. The molecule has 0 bridgehead atoms. The number of aliphatic hydroxyl groups excluding tert-OH is 1. The van der Waals surface area contributed by atoms with Gasteiger partial charge in [0.05, 0.1) is 31.1 Å². The van der Waals surface area contributed by atoms with E-state index in [2.05, 4.69) is 30.9 Å². The number of nitrogens with one attached hydrogen (secondary N) is 3. The van der Waals surface area contributed by atoms with Gasteiger partial charge in [-0.05, 0) is 24.6 Å². The number of fused-ring (bicyclic) bond motifs is 2. The lowest BCUT2D eigenvalue weighted by Gasteiger charge is -2.27. The van der Waals surface area contributed by atoms with Crippen LogP contribution >= 0.6 is 0 Å². The molecular weight excluding hydrogens is 338 g/mol. The Hall–Kier alpha value is -3.27. The van der Waals surface area contributed by atoms with E-state index in [1.165, 1.54) is 0 Å². The van der Waals surface area contributed by atoms with Crippen LogP contribution in [0.4, 0.5) is 0 Å². The maximum Gasteiger partial charge on any atom is 0.251 e. The van der Waals surface area contributed by atoms with Crippen molar-refractivity contribution in [3.05, 3.63) is 40.7 Å². The second-order valence-corrected chi connectivity index (χ2v) is 6.06. The average molecular weight is 355 g/mol. The predicted molar refractivity (Wildman–Crippen MR) is 89.9 cm³/mol. The zero-order chi connectivity index (χ0) is 18.1. The molecule has 4 rings (SSSR count). The van der Waals surface area contributed by atoms with Crippen LogP contribution in [0.25, 0.3) is 11.0 Å². The molecule has 1 aliphatic heterocycles. The fourth-order valence-corrected chi connectivity index (χ4v) is 3.08. The lowest BCUT2D eigenvalue weighted by Crippen LogP contribution is -2.42. The minimum atomic E-state index is -0.343. The monoisotopic (exact) mass is 355 g/mol. The SMILES string of the molecule is O=C(NCC(=O)N1CCc2c(CO)n[nH]c2C1)c1ccc2n[nH]nc2c1. The van der Waals surface area contributed by atoms with Crippen LogP contribution in [0.1, 0.15) is 27.3 Å². The van der Waals surface area contributed by atoms with Crippen LogP contribution in [0.15, 0.2) is 18.2 Å². The van der Waals surface area contributed by atoms with Crippen molar-refractivity contribution in [1.29, 1.82) is 0 Å². The second-order valence-electron chi connectivity index (χ2n) is 6.06. The maximum atomic E-state index is 12.4. The zero-order valence-corrected chi connectivity index (χ0v) is 13.8. The Labute approximate surface area is 147 Å². The summed E-state index contributed by atoms with van der Waals surface area (Å²) in [6, 6.07) is 4.95. The van der Waals surface area contributed by atoms with E-state index in [9.17, 15) is 14.7 Å². The summed E-state index contributed by atoms with van der Waals surface area (Å²) in [7, 11) is 0. The summed E-state index contributed by atoms with van der Waals surface area (Å²) in [5.41, 5.74) is 4.11. The summed E-state index contributed by atoms with van der Waals surface area (Å²) in [5, 5.41) is 29.2. The molecule has 1 aromatic carbocycles. The molecular formula is C16H17N7O3. The number of aromatic nitrogens is 5. The van der Waals surface area contributed by atoms with Crippen molar-refractivity contribution in [2.75, 3.05) is 13.1 Å². The van der Waals surface area contributed by atoms with Crippen molar-refractivity contribution in [3.8, 4) is 0 Å². The first kappa shape index (κ1) is 16.2. The van der Waals surface area contributed by atoms with Crippen molar-refractivity contribution in [1.82, 2.24) is 35.8 Å². The highest BCUT2D eigenvalue weighted by Crippen LogP contribution is 2.20. The van der Waals surface area contributed by atoms with Crippen LogP contribution in [0.2, 0.25) is 0 Å². The number of hydrogen-bond acceptors (Lipinski definition) is 6. The largest absolute Gasteiger partial charge is 0.390 e. The summed E-state index contributed by atoms with van der Waals surface area (Å²) in [4.78, 5) is 26.3. The average Bonchev–Trinajstić information content (AvgIpc) is 3.30. The summed E-state index contributed by atoms with van der Waals surface area (Å²) < 4.78 is 0. The second kappa shape index (κ2) is 6.56. The van der Waals surface area contributed by atoms with Gasteiger partial charge in [0.25, 0.3) is 5.91 Å². The Bertz CT molecular complexity index is 977. The standard InChI is InChI=1S/C16H17N7O3/c24-8-14-10-3-4-23(7-13(10)18-19-14)15(25)6-17-16(26)9-1-2-11-12(5-9)21-22-20-11/h1-2,5,24H,3-4,6-8H2,(H,17,26)(H,18,19)(H,20,21,22). The molecule has 0 saturated heterocycles. The van der Waals surface area contributed by atoms with Gasteiger partial charge in [0, 0.05) is 17.7 Å². The Morgan fingerprint density at radius 1 is 1.23 bits per heavy atom. The van der Waals surface area contributed by atoms with Crippen molar-refractivity contribution < 1.29 is 14.7 Å². The van der Waals surface area contributed by atoms with Gasteiger partial charge in [0.15, 0.2) is 0 Å². The molecule has 1 aliphatic rings. The van der Waals surface area contributed by atoms with Gasteiger partial charge in [0.1, 0.15) is 11.0 Å². The molecule has 4 N–H and O–H groups in total. The van der Waals surface area contributed by atoms with Gasteiger partial charge in [-0.1, -0.05) is 0 Å². The summed E-state index contributed by atoms with van der Waals surface area (Å²) >= 11 is 0. The highest BCUT2D eigenvalue weighted by Gasteiger charge is 2.24. The van der Waals surface area contributed by atoms with Gasteiger partial charge in [-0.25, -0.2) is 0 Å². The molecule has 0 atom stereocenters. The first-order valence-electron chi connectivity index (χ1n) is 8.18.